The van der Waals surface area contributed by atoms with E-state index in [9.17, 15) is 15.0 Å². The van der Waals surface area contributed by atoms with Crippen LogP contribution in [0.5, 0.6) is 11.5 Å². The number of hydrogen-bond acceptors (Lipinski definition) is 3. The molecule has 2 aromatic carbocycles. The Hall–Kier alpha value is -2.29. The lowest BCUT2D eigenvalue weighted by atomic mass is 10.0. The van der Waals surface area contributed by atoms with Crippen molar-refractivity contribution in [3.8, 4) is 11.5 Å². The predicted molar refractivity (Wildman–Crippen MR) is 145 cm³/mol. The first kappa shape index (κ1) is 29.7. The molecule has 34 heavy (non-hydrogen) atoms. The van der Waals surface area contributed by atoms with Crippen molar-refractivity contribution in [1.82, 2.24) is 0 Å². The summed E-state index contributed by atoms with van der Waals surface area (Å²) in [6.45, 7) is 4.47. The molecular weight excluding hydrogens is 420 g/mol. The topological polar surface area (TPSA) is 57.5 Å². The summed E-state index contributed by atoms with van der Waals surface area (Å²) in [5, 5.41) is 19.4. The highest BCUT2D eigenvalue weighted by Gasteiger charge is 2.05. The van der Waals surface area contributed by atoms with Crippen LogP contribution in [-0.4, -0.2) is 16.5 Å². The van der Waals surface area contributed by atoms with Gasteiger partial charge in [-0.3, -0.25) is 4.79 Å². The van der Waals surface area contributed by atoms with E-state index >= 15 is 0 Å². The zero-order valence-corrected chi connectivity index (χ0v) is 21.7. The molecule has 0 atom stereocenters. The normalized spacial score (nSPS) is 10.5. The van der Waals surface area contributed by atoms with Crippen molar-refractivity contribution in [2.45, 2.75) is 117 Å². The van der Waals surface area contributed by atoms with Crippen LogP contribution >= 0.6 is 0 Å². The third kappa shape index (κ3) is 13.4. The van der Waals surface area contributed by atoms with Gasteiger partial charge in [-0.15, -0.1) is 0 Å². The van der Waals surface area contributed by atoms with Crippen LogP contribution in [0.15, 0.2) is 42.5 Å². The summed E-state index contributed by atoms with van der Waals surface area (Å²) >= 11 is 0. The van der Waals surface area contributed by atoms with Gasteiger partial charge in [-0.2, -0.15) is 0 Å². The Morgan fingerprint density at radius 2 is 1.06 bits per heavy atom. The molecular formula is C31H48O3. The van der Waals surface area contributed by atoms with Crippen LogP contribution in [-0.2, 0) is 12.8 Å². The van der Waals surface area contributed by atoms with Crippen molar-refractivity contribution in [2.24, 2.45) is 0 Å². The number of unbranched alkanes of at least 4 members (excludes halogenated alkanes) is 12. The van der Waals surface area contributed by atoms with Gasteiger partial charge in [0, 0.05) is 0 Å². The SMILES string of the molecule is CCCCCCCCCc1cccc(C=O)c1O.CCCCCCCCCc1ccccc1O. The van der Waals surface area contributed by atoms with Gasteiger partial charge in [0.1, 0.15) is 11.5 Å². The fourth-order valence-electron chi connectivity index (χ4n) is 4.18. The molecule has 3 nitrogen and oxygen atoms in total. The van der Waals surface area contributed by atoms with Gasteiger partial charge < -0.3 is 10.2 Å². The first-order valence-electron chi connectivity index (χ1n) is 13.7. The van der Waals surface area contributed by atoms with Gasteiger partial charge in [-0.1, -0.05) is 121 Å². The fourth-order valence-corrected chi connectivity index (χ4v) is 4.18. The molecule has 0 fully saturated rings. The van der Waals surface area contributed by atoms with Crippen LogP contribution < -0.4 is 0 Å². The number of rotatable bonds is 17. The van der Waals surface area contributed by atoms with Crippen LogP contribution in [0.4, 0.5) is 0 Å². The molecule has 0 aliphatic carbocycles. The van der Waals surface area contributed by atoms with Gasteiger partial charge in [-0.25, -0.2) is 0 Å². The lowest BCUT2D eigenvalue weighted by molar-refractivity contribution is 0.112. The number of para-hydroxylation sites is 2. The summed E-state index contributed by atoms with van der Waals surface area (Å²) < 4.78 is 0. The molecule has 0 bridgehead atoms. The maximum atomic E-state index is 10.7. The Balaban J connectivity index is 0.000000342. The Bertz CT molecular complexity index is 769. The molecule has 190 valence electrons. The highest BCUT2D eigenvalue weighted by atomic mass is 16.3. The van der Waals surface area contributed by atoms with Crippen LogP contribution in [0.3, 0.4) is 0 Å². The second-order valence-corrected chi connectivity index (χ2v) is 9.34. The van der Waals surface area contributed by atoms with E-state index in [2.05, 4.69) is 13.8 Å². The summed E-state index contributed by atoms with van der Waals surface area (Å²) in [4.78, 5) is 10.7. The van der Waals surface area contributed by atoms with Gasteiger partial charge >= 0.3 is 0 Å². The molecule has 2 N–H and O–H groups in total. The second kappa shape index (κ2) is 20.1. The fraction of sp³-hybridized carbons (Fsp3) is 0.581. The summed E-state index contributed by atoms with van der Waals surface area (Å²) in [5.74, 6) is 0.618. The van der Waals surface area contributed by atoms with Gasteiger partial charge in [0.15, 0.2) is 6.29 Å². The van der Waals surface area contributed by atoms with E-state index in [4.69, 9.17) is 0 Å². The monoisotopic (exact) mass is 468 g/mol. The largest absolute Gasteiger partial charge is 0.508 e. The van der Waals surface area contributed by atoms with E-state index in [0.717, 1.165) is 30.4 Å². The molecule has 3 heteroatoms. The maximum absolute atomic E-state index is 10.7. The Morgan fingerprint density at radius 3 is 1.59 bits per heavy atom. The minimum absolute atomic E-state index is 0.165. The zero-order valence-electron chi connectivity index (χ0n) is 21.7. The lowest BCUT2D eigenvalue weighted by Crippen LogP contribution is -1.91. The predicted octanol–water partition coefficient (Wildman–Crippen LogP) is 9.18. The Kier molecular flexibility index (Phi) is 17.6. The highest BCUT2D eigenvalue weighted by Crippen LogP contribution is 2.23. The van der Waals surface area contributed by atoms with E-state index in [-0.39, 0.29) is 5.75 Å². The highest BCUT2D eigenvalue weighted by molar-refractivity contribution is 5.79. The number of phenols is 2. The molecule has 0 saturated carbocycles. The van der Waals surface area contributed by atoms with Crippen LogP contribution in [0.1, 0.15) is 125 Å². The Morgan fingerprint density at radius 1 is 0.588 bits per heavy atom. The molecule has 0 unspecified atom stereocenters. The van der Waals surface area contributed by atoms with E-state index in [0.29, 0.717) is 17.6 Å². The summed E-state index contributed by atoms with van der Waals surface area (Å²) in [6, 6.07) is 13.1. The van der Waals surface area contributed by atoms with Gasteiger partial charge in [0.05, 0.1) is 5.56 Å². The van der Waals surface area contributed by atoms with E-state index < -0.39 is 0 Å². The number of aryl methyl sites for hydroxylation is 2. The average Bonchev–Trinajstić information content (AvgIpc) is 2.85. The van der Waals surface area contributed by atoms with Crippen molar-refractivity contribution >= 4 is 6.29 Å². The third-order valence-electron chi connectivity index (χ3n) is 6.37. The smallest absolute Gasteiger partial charge is 0.153 e. The maximum Gasteiger partial charge on any atom is 0.153 e. The summed E-state index contributed by atoms with van der Waals surface area (Å²) in [5.41, 5.74) is 2.39. The molecule has 0 aliphatic rings. The molecule has 2 aromatic rings. The van der Waals surface area contributed by atoms with E-state index in [1.807, 2.05) is 30.3 Å². The molecule has 0 aliphatic heterocycles. The van der Waals surface area contributed by atoms with Crippen LogP contribution in [0.25, 0.3) is 0 Å². The number of carbonyl (C=O) groups excluding carboxylic acids is 1. The lowest BCUT2D eigenvalue weighted by Gasteiger charge is -2.06. The minimum Gasteiger partial charge on any atom is -0.508 e. The first-order chi connectivity index (χ1) is 16.6. The molecule has 0 radical (unpaired) electrons. The third-order valence-corrected chi connectivity index (χ3v) is 6.37. The van der Waals surface area contributed by atoms with Gasteiger partial charge in [0.25, 0.3) is 0 Å². The van der Waals surface area contributed by atoms with Crippen molar-refractivity contribution in [3.05, 3.63) is 59.2 Å². The summed E-state index contributed by atoms with van der Waals surface area (Å²) in [6.07, 6.45) is 20.7. The Labute approximate surface area is 208 Å². The summed E-state index contributed by atoms with van der Waals surface area (Å²) in [7, 11) is 0. The van der Waals surface area contributed by atoms with Gasteiger partial charge in [0.2, 0.25) is 0 Å². The molecule has 0 saturated heterocycles. The van der Waals surface area contributed by atoms with Crippen LogP contribution in [0, 0.1) is 0 Å². The molecule has 2 rings (SSSR count). The zero-order chi connectivity index (χ0) is 24.9. The average molecular weight is 469 g/mol. The number of benzene rings is 2. The van der Waals surface area contributed by atoms with Crippen molar-refractivity contribution in [2.75, 3.05) is 0 Å². The van der Waals surface area contributed by atoms with Gasteiger partial charge in [-0.05, 0) is 48.9 Å². The quantitative estimate of drug-likeness (QED) is 0.180. The number of aromatic hydroxyl groups is 2. The molecule has 0 spiro atoms. The number of carbonyl (C=O) groups is 1. The molecule has 0 heterocycles. The van der Waals surface area contributed by atoms with E-state index in [1.54, 1.807) is 12.1 Å². The second-order valence-electron chi connectivity index (χ2n) is 9.34. The van der Waals surface area contributed by atoms with Crippen molar-refractivity contribution in [1.29, 1.82) is 0 Å². The number of phenolic OH excluding ortho intramolecular Hbond substituents is 2. The van der Waals surface area contributed by atoms with E-state index in [1.165, 1.54) is 83.5 Å². The number of aldehydes is 1. The minimum atomic E-state index is 0.165. The molecule has 0 aromatic heterocycles. The first-order valence-corrected chi connectivity index (χ1v) is 13.7. The standard InChI is InChI=1S/C16H24O2.C15H24O/c1-2-3-4-5-6-7-8-10-14-11-9-12-15(13-17)16(14)18;1-2-3-4-5-6-7-8-11-14-12-9-10-13-15(14)16/h9,11-13,18H,2-8,10H2,1H3;9-10,12-13,16H,2-8,11H2,1H3. The molecule has 0 amide bonds. The number of hydrogen-bond donors (Lipinski definition) is 2. The van der Waals surface area contributed by atoms with Crippen LogP contribution in [0.2, 0.25) is 0 Å². The van der Waals surface area contributed by atoms with Crippen molar-refractivity contribution in [3.63, 3.8) is 0 Å². The van der Waals surface area contributed by atoms with Crippen molar-refractivity contribution < 1.29 is 15.0 Å².